The molecule has 33 heavy (non-hydrogen) atoms. The number of rotatable bonds is 6. The molecule has 1 aromatic heterocycles. The van der Waals surface area contributed by atoms with Gasteiger partial charge in [0.25, 0.3) is 5.91 Å². The molecule has 9 heteroatoms. The molecule has 0 radical (unpaired) electrons. The number of ether oxygens (including phenoxy) is 1. The molecule has 2 aliphatic rings. The fourth-order valence-electron chi connectivity index (χ4n) is 4.52. The van der Waals surface area contributed by atoms with Crippen LogP contribution in [0, 0.1) is 0 Å². The van der Waals surface area contributed by atoms with Gasteiger partial charge in [0.2, 0.25) is 0 Å². The molecule has 0 atom stereocenters. The summed E-state index contributed by atoms with van der Waals surface area (Å²) in [6, 6.07) is 13.8. The molecule has 5 rings (SSSR count). The Balaban J connectivity index is 1.41. The Morgan fingerprint density at radius 2 is 1.91 bits per heavy atom. The lowest BCUT2D eigenvalue weighted by atomic mass is 10.1. The smallest absolute Gasteiger partial charge is 0.420 e. The maximum Gasteiger partial charge on any atom is 0.487 e. The van der Waals surface area contributed by atoms with E-state index in [4.69, 9.17) is 16.7 Å². The van der Waals surface area contributed by atoms with Gasteiger partial charge in [0.05, 0.1) is 11.7 Å². The van der Waals surface area contributed by atoms with Crippen molar-refractivity contribution in [2.75, 3.05) is 17.2 Å². The monoisotopic (exact) mass is 472 g/mol. The quantitative estimate of drug-likeness (QED) is 0.428. The number of aromatic nitrogens is 2. The summed E-state index contributed by atoms with van der Waals surface area (Å²) in [5.41, 5.74) is 0.398. The van der Waals surface area contributed by atoms with Gasteiger partial charge in [0.1, 0.15) is 11.6 Å². The molecule has 2 N–H and O–H groups in total. The van der Waals surface area contributed by atoms with E-state index in [-0.39, 0.29) is 17.7 Å². The van der Waals surface area contributed by atoms with Crippen LogP contribution in [0.4, 0.5) is 20.3 Å². The van der Waals surface area contributed by atoms with Gasteiger partial charge in [-0.05, 0) is 67.3 Å². The van der Waals surface area contributed by atoms with Crippen LogP contribution in [0.25, 0.3) is 11.3 Å². The van der Waals surface area contributed by atoms with Gasteiger partial charge < -0.3 is 15.4 Å². The van der Waals surface area contributed by atoms with Crippen molar-refractivity contribution in [1.29, 1.82) is 0 Å². The summed E-state index contributed by atoms with van der Waals surface area (Å²) >= 11 is 4.84. The van der Waals surface area contributed by atoms with Gasteiger partial charge >= 0.3 is 5.57 Å². The predicted molar refractivity (Wildman–Crippen MR) is 123 cm³/mol. The summed E-state index contributed by atoms with van der Waals surface area (Å²) in [4.78, 5) is 13.0. The number of hydrogen-bond acceptors (Lipinski definition) is 4. The Labute approximate surface area is 194 Å². The molecule has 3 aromatic rings. The van der Waals surface area contributed by atoms with Gasteiger partial charge in [-0.2, -0.15) is 5.10 Å². The van der Waals surface area contributed by atoms with Gasteiger partial charge in [-0.3, -0.25) is 4.79 Å². The molecule has 2 aromatic carbocycles. The summed E-state index contributed by atoms with van der Waals surface area (Å²) in [6.45, 7) is 0.880. The summed E-state index contributed by atoms with van der Waals surface area (Å²) in [5.74, 6) is 0.380. The van der Waals surface area contributed by atoms with E-state index in [0.717, 1.165) is 55.5 Å². The molecule has 1 amide bonds. The Morgan fingerprint density at radius 1 is 1.15 bits per heavy atom. The molecule has 6 nitrogen and oxygen atoms in total. The Bertz CT molecular complexity index is 1170. The molecular formula is C24H23ClF2N4O2. The van der Waals surface area contributed by atoms with Crippen molar-refractivity contribution in [3.05, 3.63) is 59.7 Å². The number of fused-ring (bicyclic) bond motifs is 1. The molecule has 0 bridgehead atoms. The zero-order valence-electron chi connectivity index (χ0n) is 17.8. The number of amides is 1. The molecule has 172 valence electrons. The number of alkyl halides is 3. The van der Waals surface area contributed by atoms with E-state index in [0.29, 0.717) is 17.1 Å². The molecule has 0 saturated heterocycles. The number of carbonyl (C=O) groups excluding carboxylic acids is 1. The number of hydrogen-bond donors (Lipinski definition) is 2. The lowest BCUT2D eigenvalue weighted by Gasteiger charge is -2.15. The fraction of sp³-hybridized carbons (Fsp3) is 0.333. The minimum absolute atomic E-state index is 0.0476. The molecule has 0 unspecified atom stereocenters. The zero-order chi connectivity index (χ0) is 23.0. The van der Waals surface area contributed by atoms with E-state index >= 15 is 0 Å². The highest BCUT2D eigenvalue weighted by Crippen LogP contribution is 2.35. The van der Waals surface area contributed by atoms with Gasteiger partial charge in [0, 0.05) is 41.0 Å². The van der Waals surface area contributed by atoms with Crippen molar-refractivity contribution in [3.8, 4) is 17.0 Å². The largest absolute Gasteiger partial charge is 0.487 e. The first-order valence-corrected chi connectivity index (χ1v) is 11.4. The van der Waals surface area contributed by atoms with E-state index in [9.17, 15) is 13.6 Å². The summed E-state index contributed by atoms with van der Waals surface area (Å²) in [6.07, 6.45) is 5.11. The number of benzene rings is 2. The summed E-state index contributed by atoms with van der Waals surface area (Å²) in [7, 11) is 0. The Kier molecular flexibility index (Phi) is 5.70. The molecule has 1 aliphatic carbocycles. The highest BCUT2D eigenvalue weighted by atomic mass is 35.5. The van der Waals surface area contributed by atoms with Crippen molar-refractivity contribution < 1.29 is 18.3 Å². The minimum Gasteiger partial charge on any atom is -0.420 e. The third kappa shape index (κ3) is 4.80. The van der Waals surface area contributed by atoms with Gasteiger partial charge in [-0.15, -0.1) is 8.78 Å². The fourth-order valence-corrected chi connectivity index (χ4v) is 4.61. The molecular weight excluding hydrogens is 450 g/mol. The topological polar surface area (TPSA) is 68.2 Å². The third-order valence-electron chi connectivity index (χ3n) is 6.11. The standard InChI is InChI=1S/C24H23ClF2N4O2/c25-24(26,27)33-19-8-5-15(6-9-19)21-14-22(31(30-21)18-3-1-2-4-18)29-23(32)17-7-10-20-16(13-17)11-12-28-20/h5-10,13-14,18,28H,1-4,11-12H2,(H,29,32). The maximum atomic E-state index is 13.0. The van der Waals surface area contributed by atoms with Crippen molar-refractivity contribution in [2.24, 2.45) is 0 Å². The number of halogens is 3. The highest BCUT2D eigenvalue weighted by molar-refractivity contribution is 6.20. The second kappa shape index (κ2) is 8.67. The second-order valence-corrected chi connectivity index (χ2v) is 8.81. The van der Waals surface area contributed by atoms with Crippen LogP contribution >= 0.6 is 11.6 Å². The van der Waals surface area contributed by atoms with Crippen molar-refractivity contribution >= 4 is 29.0 Å². The summed E-state index contributed by atoms with van der Waals surface area (Å²) in [5, 5.41) is 11.1. The third-order valence-corrected chi connectivity index (χ3v) is 6.19. The van der Waals surface area contributed by atoms with Crippen LogP contribution in [0.3, 0.4) is 0 Å². The number of anilines is 2. The normalized spacial score (nSPS) is 15.8. The number of nitrogens with one attached hydrogen (secondary N) is 2. The number of carbonyl (C=O) groups is 1. The van der Waals surface area contributed by atoms with Gasteiger partial charge in [-0.1, -0.05) is 12.8 Å². The molecule has 1 fully saturated rings. The summed E-state index contributed by atoms with van der Waals surface area (Å²) < 4.78 is 32.0. The Hall–Kier alpha value is -3.13. The lowest BCUT2D eigenvalue weighted by Crippen LogP contribution is -2.17. The van der Waals surface area contributed by atoms with Crippen LogP contribution in [0.5, 0.6) is 5.75 Å². The first-order valence-electron chi connectivity index (χ1n) is 11.0. The average Bonchev–Trinajstić information content (AvgIpc) is 3.53. The molecule has 0 spiro atoms. The van der Waals surface area contributed by atoms with Crippen LogP contribution in [0.2, 0.25) is 0 Å². The maximum absolute atomic E-state index is 13.0. The minimum atomic E-state index is -3.77. The van der Waals surface area contributed by atoms with Gasteiger partial charge in [0.15, 0.2) is 0 Å². The average molecular weight is 473 g/mol. The van der Waals surface area contributed by atoms with Crippen LogP contribution < -0.4 is 15.4 Å². The first kappa shape index (κ1) is 21.7. The van der Waals surface area contributed by atoms with E-state index in [1.807, 2.05) is 28.9 Å². The lowest BCUT2D eigenvalue weighted by molar-refractivity contribution is -0.0964. The van der Waals surface area contributed by atoms with Crippen LogP contribution in [-0.2, 0) is 6.42 Å². The van der Waals surface area contributed by atoms with Crippen molar-refractivity contribution in [2.45, 2.75) is 43.7 Å². The van der Waals surface area contributed by atoms with Crippen LogP contribution in [0.1, 0.15) is 47.6 Å². The number of nitrogens with zero attached hydrogens (tertiary/aromatic N) is 2. The second-order valence-electron chi connectivity index (χ2n) is 8.37. The van der Waals surface area contributed by atoms with Gasteiger partial charge in [-0.25, -0.2) is 4.68 Å². The molecule has 2 heterocycles. The Morgan fingerprint density at radius 3 is 2.64 bits per heavy atom. The van der Waals surface area contributed by atoms with E-state index in [1.54, 1.807) is 12.1 Å². The molecule has 1 saturated carbocycles. The van der Waals surface area contributed by atoms with Crippen LogP contribution in [-0.4, -0.2) is 27.8 Å². The van der Waals surface area contributed by atoms with Crippen molar-refractivity contribution in [1.82, 2.24) is 9.78 Å². The van der Waals surface area contributed by atoms with Crippen molar-refractivity contribution in [3.63, 3.8) is 0 Å². The highest BCUT2D eigenvalue weighted by Gasteiger charge is 2.28. The van der Waals surface area contributed by atoms with E-state index < -0.39 is 5.57 Å². The zero-order valence-corrected chi connectivity index (χ0v) is 18.5. The SMILES string of the molecule is O=C(Nc1cc(-c2ccc(OC(F)(F)Cl)cc2)nn1C1CCCC1)c1ccc2c(c1)CCN2. The van der Waals surface area contributed by atoms with Crippen LogP contribution in [0.15, 0.2) is 48.5 Å². The van der Waals surface area contributed by atoms with E-state index in [2.05, 4.69) is 15.4 Å². The first-order chi connectivity index (χ1) is 15.9. The van der Waals surface area contributed by atoms with E-state index in [1.165, 1.54) is 12.1 Å². The molecule has 1 aliphatic heterocycles. The predicted octanol–water partition coefficient (Wildman–Crippen LogP) is 6.05.